The molecule has 0 amide bonds. The molecule has 0 unspecified atom stereocenters. The second-order valence-corrected chi connectivity index (χ2v) is 6.79. The van der Waals surface area contributed by atoms with Gasteiger partial charge < -0.3 is 15.2 Å². The molecule has 0 bridgehead atoms. The van der Waals surface area contributed by atoms with E-state index in [1.807, 2.05) is 12.3 Å². The molecule has 2 rings (SSSR count). The van der Waals surface area contributed by atoms with Crippen molar-refractivity contribution in [2.24, 2.45) is 10.9 Å². The molecule has 0 atom stereocenters. The van der Waals surface area contributed by atoms with Crippen LogP contribution >= 0.6 is 0 Å². The minimum atomic E-state index is 0.0175. The standard InChI is InChI=1S/C21H30N4O/c1-4-22-21(23-13-12-17(2)3)24-15-18-8-10-19(11-9-18)16-25-14-6-5-7-20(25)26/h5-11,14,17H,4,12-13,15-16H2,1-3H3,(H2,22,23,24). The zero-order chi connectivity index (χ0) is 18.8. The third-order valence-electron chi connectivity index (χ3n) is 4.05. The number of guanidine groups is 1. The lowest BCUT2D eigenvalue weighted by Gasteiger charge is -2.12. The Labute approximate surface area is 156 Å². The summed E-state index contributed by atoms with van der Waals surface area (Å²) < 4.78 is 1.70. The second kappa shape index (κ2) is 10.4. The average molecular weight is 354 g/mol. The van der Waals surface area contributed by atoms with Crippen molar-refractivity contribution >= 4 is 5.96 Å². The van der Waals surface area contributed by atoms with Crippen LogP contribution in [0.15, 0.2) is 58.4 Å². The fraction of sp³-hybridized carbons (Fsp3) is 0.429. The molecule has 0 fully saturated rings. The van der Waals surface area contributed by atoms with E-state index in [1.54, 1.807) is 16.7 Å². The molecule has 5 heteroatoms. The van der Waals surface area contributed by atoms with Crippen molar-refractivity contribution in [3.8, 4) is 0 Å². The van der Waals surface area contributed by atoms with Gasteiger partial charge >= 0.3 is 0 Å². The van der Waals surface area contributed by atoms with E-state index in [9.17, 15) is 4.79 Å². The Bertz CT molecular complexity index is 747. The van der Waals surface area contributed by atoms with E-state index < -0.39 is 0 Å². The van der Waals surface area contributed by atoms with E-state index in [-0.39, 0.29) is 5.56 Å². The van der Waals surface area contributed by atoms with Gasteiger partial charge in [-0.3, -0.25) is 4.79 Å². The number of benzene rings is 1. The van der Waals surface area contributed by atoms with Crippen LogP contribution < -0.4 is 16.2 Å². The van der Waals surface area contributed by atoms with E-state index in [1.165, 1.54) is 0 Å². The maximum Gasteiger partial charge on any atom is 0.250 e. The summed E-state index contributed by atoms with van der Waals surface area (Å²) in [4.78, 5) is 16.4. The quantitative estimate of drug-likeness (QED) is 0.566. The summed E-state index contributed by atoms with van der Waals surface area (Å²) in [6.45, 7) is 9.49. The van der Waals surface area contributed by atoms with Crippen molar-refractivity contribution in [2.75, 3.05) is 13.1 Å². The number of hydrogen-bond acceptors (Lipinski definition) is 2. The van der Waals surface area contributed by atoms with E-state index in [0.717, 1.165) is 36.6 Å². The van der Waals surface area contributed by atoms with Crippen LogP contribution in [0.4, 0.5) is 0 Å². The molecule has 0 aliphatic rings. The number of nitrogens with zero attached hydrogens (tertiary/aromatic N) is 2. The molecule has 0 aliphatic heterocycles. The minimum Gasteiger partial charge on any atom is -0.357 e. The van der Waals surface area contributed by atoms with Crippen molar-refractivity contribution in [3.05, 3.63) is 70.1 Å². The van der Waals surface area contributed by atoms with Gasteiger partial charge in [0.05, 0.1) is 13.1 Å². The first-order chi connectivity index (χ1) is 12.6. The van der Waals surface area contributed by atoms with E-state index in [2.05, 4.69) is 60.7 Å². The Morgan fingerprint density at radius 2 is 1.81 bits per heavy atom. The van der Waals surface area contributed by atoms with Crippen LogP contribution in [-0.4, -0.2) is 23.6 Å². The Morgan fingerprint density at radius 1 is 1.08 bits per heavy atom. The molecule has 0 aliphatic carbocycles. The molecule has 26 heavy (non-hydrogen) atoms. The van der Waals surface area contributed by atoms with Crippen LogP contribution in [0, 0.1) is 5.92 Å². The summed E-state index contributed by atoms with van der Waals surface area (Å²) in [5.74, 6) is 1.53. The van der Waals surface area contributed by atoms with Crippen molar-refractivity contribution in [3.63, 3.8) is 0 Å². The summed E-state index contributed by atoms with van der Waals surface area (Å²) in [5, 5.41) is 6.65. The molecule has 5 nitrogen and oxygen atoms in total. The molecule has 1 aromatic heterocycles. The SMILES string of the molecule is CCNC(=NCc1ccc(Cn2ccccc2=O)cc1)NCCC(C)C. The van der Waals surface area contributed by atoms with Gasteiger partial charge in [-0.25, -0.2) is 4.99 Å². The largest absolute Gasteiger partial charge is 0.357 e. The predicted octanol–water partition coefficient (Wildman–Crippen LogP) is 3.00. The Morgan fingerprint density at radius 3 is 2.46 bits per heavy atom. The number of pyridine rings is 1. The van der Waals surface area contributed by atoms with Gasteiger partial charge in [0.15, 0.2) is 5.96 Å². The number of hydrogen-bond donors (Lipinski definition) is 2. The van der Waals surface area contributed by atoms with Gasteiger partial charge in [0.1, 0.15) is 0 Å². The molecule has 0 saturated heterocycles. The highest BCUT2D eigenvalue weighted by atomic mass is 16.1. The summed E-state index contributed by atoms with van der Waals surface area (Å²) in [6, 6.07) is 13.5. The number of rotatable bonds is 8. The molecule has 2 N–H and O–H groups in total. The van der Waals surface area contributed by atoms with E-state index >= 15 is 0 Å². The lowest BCUT2D eigenvalue weighted by Crippen LogP contribution is -2.38. The van der Waals surface area contributed by atoms with Gasteiger partial charge in [-0.05, 0) is 36.5 Å². The normalized spacial score (nSPS) is 11.6. The van der Waals surface area contributed by atoms with Gasteiger partial charge in [0.2, 0.25) is 0 Å². The van der Waals surface area contributed by atoms with Crippen LogP contribution in [0.2, 0.25) is 0 Å². The molecule has 140 valence electrons. The van der Waals surface area contributed by atoms with Gasteiger partial charge in [-0.15, -0.1) is 0 Å². The zero-order valence-electron chi connectivity index (χ0n) is 16.0. The molecule has 1 aromatic carbocycles. The highest BCUT2D eigenvalue weighted by Crippen LogP contribution is 2.07. The molecular weight excluding hydrogens is 324 g/mol. The number of aliphatic imine (C=N–C) groups is 1. The van der Waals surface area contributed by atoms with Crippen LogP contribution in [0.1, 0.15) is 38.3 Å². The summed E-state index contributed by atoms with van der Waals surface area (Å²) in [6.07, 6.45) is 2.93. The smallest absolute Gasteiger partial charge is 0.250 e. The first-order valence-corrected chi connectivity index (χ1v) is 9.34. The zero-order valence-corrected chi connectivity index (χ0v) is 16.0. The molecule has 0 radical (unpaired) electrons. The van der Waals surface area contributed by atoms with Crippen LogP contribution in [0.5, 0.6) is 0 Å². The molecule has 0 spiro atoms. The molecular formula is C21H30N4O. The monoisotopic (exact) mass is 354 g/mol. The summed E-state index contributed by atoms with van der Waals surface area (Å²) in [7, 11) is 0. The molecule has 2 aromatic rings. The fourth-order valence-electron chi connectivity index (χ4n) is 2.53. The van der Waals surface area contributed by atoms with Gasteiger partial charge in [0, 0.05) is 25.4 Å². The van der Waals surface area contributed by atoms with Crippen molar-refractivity contribution in [1.82, 2.24) is 15.2 Å². The highest BCUT2D eigenvalue weighted by molar-refractivity contribution is 5.79. The molecule has 1 heterocycles. The van der Waals surface area contributed by atoms with Gasteiger partial charge in [-0.2, -0.15) is 0 Å². The van der Waals surface area contributed by atoms with Crippen LogP contribution in [0.25, 0.3) is 0 Å². The number of aromatic nitrogens is 1. The van der Waals surface area contributed by atoms with Crippen LogP contribution in [-0.2, 0) is 13.1 Å². The maximum atomic E-state index is 11.8. The van der Waals surface area contributed by atoms with Crippen molar-refractivity contribution in [2.45, 2.75) is 40.3 Å². The summed E-state index contributed by atoms with van der Waals surface area (Å²) in [5.41, 5.74) is 2.27. The first kappa shape index (κ1) is 19.8. The Kier molecular flexibility index (Phi) is 7.93. The topological polar surface area (TPSA) is 58.4 Å². The van der Waals surface area contributed by atoms with Crippen molar-refractivity contribution in [1.29, 1.82) is 0 Å². The number of nitrogens with one attached hydrogen (secondary N) is 2. The third-order valence-corrected chi connectivity index (χ3v) is 4.05. The Hall–Kier alpha value is -2.56. The fourth-order valence-corrected chi connectivity index (χ4v) is 2.53. The minimum absolute atomic E-state index is 0.0175. The average Bonchev–Trinajstić information content (AvgIpc) is 2.62. The first-order valence-electron chi connectivity index (χ1n) is 9.34. The van der Waals surface area contributed by atoms with Crippen molar-refractivity contribution < 1.29 is 0 Å². The van der Waals surface area contributed by atoms with E-state index in [4.69, 9.17) is 0 Å². The van der Waals surface area contributed by atoms with Gasteiger partial charge in [0.25, 0.3) is 5.56 Å². The maximum absolute atomic E-state index is 11.8. The lowest BCUT2D eigenvalue weighted by molar-refractivity contribution is 0.573. The second-order valence-electron chi connectivity index (χ2n) is 6.79. The van der Waals surface area contributed by atoms with Crippen LogP contribution in [0.3, 0.4) is 0 Å². The molecule has 0 saturated carbocycles. The highest BCUT2D eigenvalue weighted by Gasteiger charge is 2.00. The van der Waals surface area contributed by atoms with E-state index in [0.29, 0.717) is 19.0 Å². The lowest BCUT2D eigenvalue weighted by atomic mass is 10.1. The third kappa shape index (κ3) is 6.75. The Balaban J connectivity index is 1.94. The van der Waals surface area contributed by atoms with Gasteiger partial charge in [-0.1, -0.05) is 44.2 Å². The summed E-state index contributed by atoms with van der Waals surface area (Å²) >= 11 is 0. The predicted molar refractivity (Wildman–Crippen MR) is 109 cm³/mol.